The Kier molecular flexibility index (Phi) is 3.41. The number of anilines is 1. The van der Waals surface area contributed by atoms with Crippen molar-refractivity contribution >= 4 is 11.4 Å². The summed E-state index contributed by atoms with van der Waals surface area (Å²) in [7, 11) is 1.97. The molecule has 0 atom stereocenters. The molecule has 0 bridgehead atoms. The molecular formula is C15H18N4O. The molecule has 0 fully saturated rings. The van der Waals surface area contributed by atoms with Gasteiger partial charge in [-0.2, -0.15) is 5.10 Å². The van der Waals surface area contributed by atoms with E-state index in [2.05, 4.69) is 27.3 Å². The standard InChI is InChI=1S/C15H18N4O/c1-18-12(6-9-16-18)7-10-19-11-8-14(17-20)13-4-2-3-5-15(13)19/h2-6,9,20H,7-8,10-11H2,1H3/b17-14-. The summed E-state index contributed by atoms with van der Waals surface area (Å²) in [6, 6.07) is 10.2. The number of oxime groups is 1. The topological polar surface area (TPSA) is 53.7 Å². The van der Waals surface area contributed by atoms with E-state index in [1.807, 2.05) is 36.1 Å². The molecule has 0 aliphatic carbocycles. The molecule has 104 valence electrons. The van der Waals surface area contributed by atoms with Crippen LogP contribution in [-0.4, -0.2) is 33.8 Å². The third-order valence-electron chi connectivity index (χ3n) is 3.86. The third-order valence-corrected chi connectivity index (χ3v) is 3.86. The molecule has 5 heteroatoms. The van der Waals surface area contributed by atoms with Gasteiger partial charge in [-0.25, -0.2) is 0 Å². The van der Waals surface area contributed by atoms with Crippen molar-refractivity contribution in [3.05, 3.63) is 47.8 Å². The molecule has 1 aliphatic heterocycles. The molecular weight excluding hydrogens is 252 g/mol. The molecule has 0 saturated heterocycles. The molecule has 3 rings (SSSR count). The van der Waals surface area contributed by atoms with Gasteiger partial charge in [0.25, 0.3) is 0 Å². The van der Waals surface area contributed by atoms with Gasteiger partial charge in [0.05, 0.1) is 5.71 Å². The molecule has 0 spiro atoms. The Morgan fingerprint density at radius 2 is 2.15 bits per heavy atom. The smallest absolute Gasteiger partial charge is 0.0906 e. The summed E-state index contributed by atoms with van der Waals surface area (Å²) < 4.78 is 1.91. The highest BCUT2D eigenvalue weighted by molar-refractivity contribution is 6.06. The van der Waals surface area contributed by atoms with Gasteiger partial charge in [0.2, 0.25) is 0 Å². The van der Waals surface area contributed by atoms with E-state index in [9.17, 15) is 0 Å². The van der Waals surface area contributed by atoms with E-state index in [-0.39, 0.29) is 0 Å². The van der Waals surface area contributed by atoms with Crippen LogP contribution in [0.4, 0.5) is 5.69 Å². The van der Waals surface area contributed by atoms with Crippen molar-refractivity contribution in [3.63, 3.8) is 0 Å². The van der Waals surface area contributed by atoms with Gasteiger partial charge in [-0.3, -0.25) is 4.68 Å². The second-order valence-electron chi connectivity index (χ2n) is 5.00. The molecule has 2 aromatic rings. The lowest BCUT2D eigenvalue weighted by atomic mass is 9.99. The molecule has 2 heterocycles. The lowest BCUT2D eigenvalue weighted by molar-refractivity contribution is 0.317. The minimum Gasteiger partial charge on any atom is -0.411 e. The Hall–Kier alpha value is -2.30. The van der Waals surface area contributed by atoms with E-state index in [0.29, 0.717) is 0 Å². The summed E-state index contributed by atoms with van der Waals surface area (Å²) >= 11 is 0. The van der Waals surface area contributed by atoms with Crippen molar-refractivity contribution in [3.8, 4) is 0 Å². The molecule has 1 aliphatic rings. The van der Waals surface area contributed by atoms with Crippen molar-refractivity contribution < 1.29 is 5.21 Å². The Morgan fingerprint density at radius 1 is 1.30 bits per heavy atom. The number of nitrogens with zero attached hydrogens (tertiary/aromatic N) is 4. The number of aryl methyl sites for hydroxylation is 1. The van der Waals surface area contributed by atoms with Crippen molar-refractivity contribution in [1.82, 2.24) is 9.78 Å². The number of hydrogen-bond acceptors (Lipinski definition) is 4. The average Bonchev–Trinajstić information content (AvgIpc) is 2.90. The van der Waals surface area contributed by atoms with Gasteiger partial charge in [0.1, 0.15) is 0 Å². The van der Waals surface area contributed by atoms with Crippen LogP contribution in [0.5, 0.6) is 0 Å². The van der Waals surface area contributed by atoms with Crippen LogP contribution in [-0.2, 0) is 13.5 Å². The molecule has 1 N–H and O–H groups in total. The first-order chi connectivity index (χ1) is 9.79. The molecule has 5 nitrogen and oxygen atoms in total. The zero-order valence-electron chi connectivity index (χ0n) is 11.5. The SMILES string of the molecule is Cn1nccc1CCN1CC/C(=N/O)c2ccccc21. The third kappa shape index (κ3) is 2.27. The van der Waals surface area contributed by atoms with Crippen molar-refractivity contribution in [1.29, 1.82) is 0 Å². The molecule has 0 saturated carbocycles. The van der Waals surface area contributed by atoms with Crippen LogP contribution in [0.3, 0.4) is 0 Å². The van der Waals surface area contributed by atoms with Gasteiger partial charge >= 0.3 is 0 Å². The number of rotatable bonds is 3. The predicted octanol–water partition coefficient (Wildman–Crippen LogP) is 2.05. The van der Waals surface area contributed by atoms with E-state index >= 15 is 0 Å². The second-order valence-corrected chi connectivity index (χ2v) is 5.00. The molecule has 0 amide bonds. The summed E-state index contributed by atoms with van der Waals surface area (Å²) in [4.78, 5) is 2.34. The summed E-state index contributed by atoms with van der Waals surface area (Å²) in [6.07, 6.45) is 3.56. The van der Waals surface area contributed by atoms with Crippen LogP contribution in [0.15, 0.2) is 41.7 Å². The maximum atomic E-state index is 9.10. The normalized spacial score (nSPS) is 16.4. The Morgan fingerprint density at radius 3 is 2.90 bits per heavy atom. The number of aromatic nitrogens is 2. The zero-order chi connectivity index (χ0) is 13.9. The van der Waals surface area contributed by atoms with Crippen molar-refractivity contribution in [2.45, 2.75) is 12.8 Å². The fourth-order valence-corrected chi connectivity index (χ4v) is 2.72. The fraction of sp³-hybridized carbons (Fsp3) is 0.333. The predicted molar refractivity (Wildman–Crippen MR) is 78.5 cm³/mol. The van der Waals surface area contributed by atoms with Crippen LogP contribution in [0.25, 0.3) is 0 Å². The minimum atomic E-state index is 0.775. The largest absolute Gasteiger partial charge is 0.411 e. The zero-order valence-corrected chi connectivity index (χ0v) is 11.5. The summed E-state index contributed by atoms with van der Waals surface area (Å²) in [5.74, 6) is 0. The van der Waals surface area contributed by atoms with Gasteiger partial charge < -0.3 is 10.1 Å². The van der Waals surface area contributed by atoms with E-state index in [4.69, 9.17) is 5.21 Å². The lowest BCUT2D eigenvalue weighted by Gasteiger charge is -2.31. The Balaban J connectivity index is 1.80. The highest BCUT2D eigenvalue weighted by Crippen LogP contribution is 2.27. The van der Waals surface area contributed by atoms with E-state index in [1.54, 1.807) is 0 Å². The molecule has 0 radical (unpaired) electrons. The molecule has 1 aromatic carbocycles. The molecule has 20 heavy (non-hydrogen) atoms. The Labute approximate surface area is 118 Å². The summed E-state index contributed by atoms with van der Waals surface area (Å²) in [6.45, 7) is 1.82. The van der Waals surface area contributed by atoms with Crippen molar-refractivity contribution in [2.24, 2.45) is 12.2 Å². The van der Waals surface area contributed by atoms with E-state index in [0.717, 1.165) is 42.9 Å². The number of fused-ring (bicyclic) bond motifs is 1. The highest BCUT2D eigenvalue weighted by atomic mass is 16.4. The highest BCUT2D eigenvalue weighted by Gasteiger charge is 2.21. The maximum Gasteiger partial charge on any atom is 0.0906 e. The van der Waals surface area contributed by atoms with Crippen LogP contribution < -0.4 is 4.90 Å². The van der Waals surface area contributed by atoms with Crippen LogP contribution >= 0.6 is 0 Å². The van der Waals surface area contributed by atoms with Crippen LogP contribution in [0, 0.1) is 0 Å². The number of hydrogen-bond donors (Lipinski definition) is 1. The Bertz CT molecular complexity index is 632. The van der Waals surface area contributed by atoms with Crippen LogP contribution in [0.2, 0.25) is 0 Å². The van der Waals surface area contributed by atoms with Gasteiger partial charge in [0, 0.05) is 56.1 Å². The first-order valence-electron chi connectivity index (χ1n) is 6.82. The van der Waals surface area contributed by atoms with Gasteiger partial charge in [-0.1, -0.05) is 23.4 Å². The first-order valence-corrected chi connectivity index (χ1v) is 6.82. The van der Waals surface area contributed by atoms with Crippen LogP contribution in [0.1, 0.15) is 17.7 Å². The van der Waals surface area contributed by atoms with Gasteiger partial charge in [-0.15, -0.1) is 0 Å². The average molecular weight is 270 g/mol. The lowest BCUT2D eigenvalue weighted by Crippen LogP contribution is -2.34. The summed E-state index contributed by atoms with van der Waals surface area (Å²) in [5, 5.41) is 16.7. The van der Waals surface area contributed by atoms with Gasteiger partial charge in [-0.05, 0) is 12.1 Å². The number of para-hydroxylation sites is 1. The minimum absolute atomic E-state index is 0.775. The quantitative estimate of drug-likeness (QED) is 0.686. The van der Waals surface area contributed by atoms with Gasteiger partial charge in [0.15, 0.2) is 0 Å². The fourth-order valence-electron chi connectivity index (χ4n) is 2.72. The van der Waals surface area contributed by atoms with Crippen molar-refractivity contribution in [2.75, 3.05) is 18.0 Å². The second kappa shape index (κ2) is 5.36. The first kappa shape index (κ1) is 12.7. The number of benzene rings is 1. The summed E-state index contributed by atoms with van der Waals surface area (Å²) in [5.41, 5.74) is 4.18. The molecule has 0 unspecified atom stereocenters. The maximum absolute atomic E-state index is 9.10. The van der Waals surface area contributed by atoms with E-state index in [1.165, 1.54) is 5.69 Å². The van der Waals surface area contributed by atoms with E-state index < -0.39 is 0 Å². The molecule has 1 aromatic heterocycles. The monoisotopic (exact) mass is 270 g/mol.